The van der Waals surface area contributed by atoms with Crippen LogP contribution in [-0.2, 0) is 14.3 Å². The maximum atomic E-state index is 13.1. The molecule has 4 rings (SSSR count). The molecule has 2 aromatic carbocycles. The number of carbonyl (C=O) groups is 3. The van der Waals surface area contributed by atoms with Crippen molar-refractivity contribution in [1.29, 1.82) is 0 Å². The molecule has 3 aromatic rings. The number of nitrogens with two attached hydrogens (primary N) is 1. The van der Waals surface area contributed by atoms with Crippen molar-refractivity contribution in [3.8, 4) is 0 Å². The zero-order valence-corrected chi connectivity index (χ0v) is 17.4. The highest BCUT2D eigenvalue weighted by molar-refractivity contribution is 7.19. The van der Waals surface area contributed by atoms with Crippen LogP contribution in [0.5, 0.6) is 0 Å². The number of anilines is 2. The van der Waals surface area contributed by atoms with E-state index in [9.17, 15) is 14.4 Å². The minimum atomic E-state index is -1.11. The first-order valence-electron chi connectivity index (χ1n) is 9.08. The summed E-state index contributed by atoms with van der Waals surface area (Å²) in [6.45, 7) is 0. The molecule has 152 valence electrons. The third kappa shape index (κ3) is 3.36. The second kappa shape index (κ2) is 7.93. The van der Waals surface area contributed by atoms with E-state index < -0.39 is 23.7 Å². The van der Waals surface area contributed by atoms with Gasteiger partial charge >= 0.3 is 5.97 Å². The van der Waals surface area contributed by atoms with Crippen LogP contribution in [-0.4, -0.2) is 24.8 Å². The quantitative estimate of drug-likeness (QED) is 0.361. The van der Waals surface area contributed by atoms with Crippen LogP contribution in [0.15, 0.2) is 54.6 Å². The number of nitrogens with one attached hydrogen (secondary N) is 1. The summed E-state index contributed by atoms with van der Waals surface area (Å²) in [5.74, 6) is -3.21. The van der Waals surface area contributed by atoms with Gasteiger partial charge in [0.25, 0.3) is 0 Å². The van der Waals surface area contributed by atoms with E-state index in [4.69, 9.17) is 22.1 Å². The minimum absolute atomic E-state index is 0.248. The SMILES string of the molecule is COC(=O)[C@H]1C(=O)Nc2sc(C(=O)c3ccc(Cl)cc3)c(N)c2[C@H]1c1ccccc1. The molecule has 0 saturated carbocycles. The van der Waals surface area contributed by atoms with Crippen LogP contribution in [0.3, 0.4) is 0 Å². The Balaban J connectivity index is 1.87. The van der Waals surface area contributed by atoms with E-state index in [1.165, 1.54) is 7.11 Å². The van der Waals surface area contributed by atoms with E-state index >= 15 is 0 Å². The largest absolute Gasteiger partial charge is 0.468 e. The van der Waals surface area contributed by atoms with Crippen molar-refractivity contribution >= 4 is 51.3 Å². The molecule has 0 radical (unpaired) electrons. The number of halogens is 1. The number of rotatable bonds is 4. The van der Waals surface area contributed by atoms with E-state index in [1.54, 1.807) is 24.3 Å². The van der Waals surface area contributed by atoms with Crippen LogP contribution >= 0.6 is 22.9 Å². The van der Waals surface area contributed by atoms with Crippen molar-refractivity contribution in [2.45, 2.75) is 5.92 Å². The first-order valence-corrected chi connectivity index (χ1v) is 10.3. The van der Waals surface area contributed by atoms with Crippen LogP contribution in [0.4, 0.5) is 10.7 Å². The second-order valence-electron chi connectivity index (χ2n) is 6.80. The number of carbonyl (C=O) groups excluding carboxylic acids is 3. The molecule has 0 unspecified atom stereocenters. The monoisotopic (exact) mass is 440 g/mol. The Hall–Kier alpha value is -3.16. The summed E-state index contributed by atoms with van der Waals surface area (Å²) in [5, 5.41) is 3.70. The highest BCUT2D eigenvalue weighted by Gasteiger charge is 2.45. The first kappa shape index (κ1) is 20.1. The van der Waals surface area contributed by atoms with Crippen molar-refractivity contribution in [2.24, 2.45) is 5.92 Å². The van der Waals surface area contributed by atoms with Crippen LogP contribution in [0.2, 0.25) is 5.02 Å². The zero-order chi connectivity index (χ0) is 21.4. The summed E-state index contributed by atoms with van der Waals surface area (Å²) < 4.78 is 4.88. The molecular weight excluding hydrogens is 424 g/mol. The number of ketones is 1. The van der Waals surface area contributed by atoms with Gasteiger partial charge in [0, 0.05) is 22.1 Å². The van der Waals surface area contributed by atoms with Crippen LogP contribution in [0.25, 0.3) is 0 Å². The lowest BCUT2D eigenvalue weighted by Gasteiger charge is -2.30. The Morgan fingerprint density at radius 2 is 1.77 bits per heavy atom. The summed E-state index contributed by atoms with van der Waals surface area (Å²) in [6.07, 6.45) is 0. The highest BCUT2D eigenvalue weighted by Crippen LogP contribution is 2.49. The van der Waals surface area contributed by atoms with E-state index in [1.807, 2.05) is 30.3 Å². The van der Waals surface area contributed by atoms with Gasteiger partial charge in [0.05, 0.1) is 12.8 Å². The topological polar surface area (TPSA) is 98.5 Å². The van der Waals surface area contributed by atoms with Crippen molar-refractivity contribution < 1.29 is 19.1 Å². The Morgan fingerprint density at radius 1 is 1.10 bits per heavy atom. The lowest BCUT2D eigenvalue weighted by Crippen LogP contribution is -2.39. The Kier molecular flexibility index (Phi) is 5.32. The Bertz CT molecular complexity index is 1140. The van der Waals surface area contributed by atoms with E-state index in [-0.39, 0.29) is 11.5 Å². The fourth-order valence-electron chi connectivity index (χ4n) is 3.66. The van der Waals surface area contributed by atoms with Gasteiger partial charge in [0.1, 0.15) is 15.8 Å². The molecule has 2 atom stereocenters. The van der Waals surface area contributed by atoms with Gasteiger partial charge < -0.3 is 15.8 Å². The summed E-state index contributed by atoms with van der Waals surface area (Å²) in [7, 11) is 1.24. The number of benzene rings is 2. The number of nitrogen functional groups attached to an aromatic ring is 1. The summed E-state index contributed by atoms with van der Waals surface area (Å²) in [4.78, 5) is 38.6. The van der Waals surface area contributed by atoms with E-state index in [2.05, 4.69) is 5.32 Å². The van der Waals surface area contributed by atoms with E-state index in [0.29, 0.717) is 26.0 Å². The third-order valence-electron chi connectivity index (χ3n) is 5.07. The predicted molar refractivity (Wildman–Crippen MR) is 116 cm³/mol. The van der Waals surface area contributed by atoms with Crippen LogP contribution in [0.1, 0.15) is 32.3 Å². The summed E-state index contributed by atoms with van der Waals surface area (Å²) in [5.41, 5.74) is 8.39. The minimum Gasteiger partial charge on any atom is -0.468 e. The third-order valence-corrected chi connectivity index (χ3v) is 6.46. The first-order chi connectivity index (χ1) is 14.4. The number of fused-ring (bicyclic) bond motifs is 1. The summed E-state index contributed by atoms with van der Waals surface area (Å²) >= 11 is 7.01. The highest BCUT2D eigenvalue weighted by atomic mass is 35.5. The molecule has 1 aliphatic heterocycles. The van der Waals surface area contributed by atoms with E-state index in [0.717, 1.165) is 16.9 Å². The lowest BCUT2D eigenvalue weighted by atomic mass is 9.78. The molecule has 8 heteroatoms. The Morgan fingerprint density at radius 3 is 2.40 bits per heavy atom. The number of hydrogen-bond acceptors (Lipinski definition) is 6. The Labute approximate surface area is 181 Å². The molecule has 0 saturated heterocycles. The van der Waals surface area contributed by atoms with Crippen LogP contribution in [0, 0.1) is 5.92 Å². The summed E-state index contributed by atoms with van der Waals surface area (Å²) in [6, 6.07) is 15.6. The van der Waals surface area contributed by atoms with Gasteiger partial charge in [-0.2, -0.15) is 0 Å². The molecule has 2 heterocycles. The van der Waals surface area contributed by atoms with Crippen molar-refractivity contribution in [3.63, 3.8) is 0 Å². The molecule has 0 bridgehead atoms. The van der Waals surface area contributed by atoms with Gasteiger partial charge in [-0.05, 0) is 29.8 Å². The van der Waals surface area contributed by atoms with Gasteiger partial charge in [0.15, 0.2) is 0 Å². The van der Waals surface area contributed by atoms with Gasteiger partial charge in [-0.3, -0.25) is 14.4 Å². The van der Waals surface area contributed by atoms with Crippen LogP contribution < -0.4 is 11.1 Å². The molecule has 0 fully saturated rings. The number of methoxy groups -OCH3 is 1. The molecule has 1 aliphatic rings. The molecule has 1 amide bonds. The second-order valence-corrected chi connectivity index (χ2v) is 8.26. The van der Waals surface area contributed by atoms with Crippen molar-refractivity contribution in [1.82, 2.24) is 0 Å². The average Bonchev–Trinajstić information content (AvgIpc) is 3.08. The average molecular weight is 441 g/mol. The van der Waals surface area contributed by atoms with Gasteiger partial charge in [0.2, 0.25) is 11.7 Å². The molecule has 0 aliphatic carbocycles. The predicted octanol–water partition coefficient (Wildman–Crippen LogP) is 4.09. The number of ether oxygens (including phenoxy) is 1. The normalized spacial score (nSPS) is 17.7. The molecule has 3 N–H and O–H groups in total. The zero-order valence-electron chi connectivity index (χ0n) is 15.8. The number of thiophene rings is 1. The smallest absolute Gasteiger partial charge is 0.319 e. The fourth-order valence-corrected chi connectivity index (χ4v) is 4.92. The van der Waals surface area contributed by atoms with Crippen molar-refractivity contribution in [2.75, 3.05) is 18.2 Å². The number of hydrogen-bond donors (Lipinski definition) is 2. The molecule has 1 aromatic heterocycles. The fraction of sp³-hybridized carbons (Fsp3) is 0.136. The maximum absolute atomic E-state index is 13.1. The molecular formula is C22H17ClN2O4S. The number of esters is 1. The van der Waals surface area contributed by atoms with Crippen molar-refractivity contribution in [3.05, 3.63) is 81.2 Å². The maximum Gasteiger partial charge on any atom is 0.319 e. The molecule has 6 nitrogen and oxygen atoms in total. The number of amides is 1. The van der Waals surface area contributed by atoms with Gasteiger partial charge in [-0.15, -0.1) is 11.3 Å². The lowest BCUT2D eigenvalue weighted by molar-refractivity contribution is -0.149. The standard InChI is InChI=1S/C22H17ClN2O4S/c1-29-22(28)16-14(11-5-3-2-4-6-11)15-17(24)19(30-21(15)25-20(16)27)18(26)12-7-9-13(23)10-8-12/h2-10,14,16H,24H2,1H3,(H,25,27)/t14-,16-/m1/s1. The molecule has 30 heavy (non-hydrogen) atoms. The van der Waals surface area contributed by atoms with Gasteiger partial charge in [-0.25, -0.2) is 0 Å². The van der Waals surface area contributed by atoms with Gasteiger partial charge in [-0.1, -0.05) is 41.9 Å². The molecule has 0 spiro atoms.